The first-order valence-corrected chi connectivity index (χ1v) is 6.83. The lowest BCUT2D eigenvalue weighted by molar-refractivity contribution is 0.0539. The van der Waals surface area contributed by atoms with Crippen molar-refractivity contribution in [1.82, 2.24) is 5.32 Å². The summed E-state index contributed by atoms with van der Waals surface area (Å²) in [6.07, 6.45) is 5.46. The van der Waals surface area contributed by atoms with Gasteiger partial charge in [0.15, 0.2) is 0 Å². The number of benzene rings is 1. The van der Waals surface area contributed by atoms with Crippen LogP contribution in [0.15, 0.2) is 18.2 Å². The number of hydrogen-bond acceptors (Lipinski definition) is 3. The normalized spacial score (nSPS) is 27.0. The lowest BCUT2D eigenvalue weighted by Gasteiger charge is -2.40. The highest BCUT2D eigenvalue weighted by atomic mass is 16.5. The number of ether oxygens (including phenoxy) is 2. The molecular formula is C15H21NO2. The van der Waals surface area contributed by atoms with Crippen molar-refractivity contribution in [2.75, 3.05) is 14.2 Å². The Kier molecular flexibility index (Phi) is 3.16. The Labute approximate surface area is 108 Å². The van der Waals surface area contributed by atoms with E-state index in [-0.39, 0.29) is 0 Å². The monoisotopic (exact) mass is 247 g/mol. The second-order valence-electron chi connectivity index (χ2n) is 5.33. The number of hydrogen-bond donors (Lipinski definition) is 1. The van der Waals surface area contributed by atoms with Crippen LogP contribution in [-0.2, 0) is 0 Å². The van der Waals surface area contributed by atoms with E-state index in [0.717, 1.165) is 23.8 Å². The maximum Gasteiger partial charge on any atom is 0.128 e. The molecule has 1 heterocycles. The third kappa shape index (κ3) is 1.97. The molecule has 0 saturated heterocycles. The van der Waals surface area contributed by atoms with Gasteiger partial charge < -0.3 is 14.8 Å². The third-order valence-corrected chi connectivity index (χ3v) is 4.37. The Morgan fingerprint density at radius 3 is 2.78 bits per heavy atom. The summed E-state index contributed by atoms with van der Waals surface area (Å²) in [5, 5.41) is 3.41. The van der Waals surface area contributed by atoms with Crippen molar-refractivity contribution >= 4 is 0 Å². The van der Waals surface area contributed by atoms with Crippen molar-refractivity contribution in [2.45, 2.75) is 37.8 Å². The number of fused-ring (bicyclic) bond motifs is 1. The predicted octanol–water partition coefficient (Wildman–Crippen LogP) is 2.91. The average Bonchev–Trinajstić information content (AvgIpc) is 2.35. The molecule has 3 nitrogen and oxygen atoms in total. The van der Waals surface area contributed by atoms with E-state index in [2.05, 4.69) is 11.4 Å². The van der Waals surface area contributed by atoms with Gasteiger partial charge in [-0.3, -0.25) is 0 Å². The maximum atomic E-state index is 6.19. The van der Waals surface area contributed by atoms with Crippen LogP contribution in [0.4, 0.5) is 0 Å². The van der Waals surface area contributed by atoms with E-state index in [1.165, 1.54) is 24.8 Å². The fourth-order valence-corrected chi connectivity index (χ4v) is 2.98. The van der Waals surface area contributed by atoms with Crippen molar-refractivity contribution in [2.24, 2.45) is 5.92 Å². The number of rotatable bonds is 3. The van der Waals surface area contributed by atoms with Gasteiger partial charge in [0.05, 0.1) is 7.11 Å². The van der Waals surface area contributed by atoms with Gasteiger partial charge in [-0.15, -0.1) is 0 Å². The van der Waals surface area contributed by atoms with E-state index >= 15 is 0 Å². The van der Waals surface area contributed by atoms with Crippen LogP contribution in [0.25, 0.3) is 0 Å². The van der Waals surface area contributed by atoms with Gasteiger partial charge in [-0.25, -0.2) is 0 Å². The summed E-state index contributed by atoms with van der Waals surface area (Å²) in [6, 6.07) is 6.55. The minimum absolute atomic E-state index is 0.371. The second kappa shape index (κ2) is 4.81. The minimum Gasteiger partial charge on any atom is -0.497 e. The molecule has 1 aliphatic heterocycles. The molecular weight excluding hydrogens is 226 g/mol. The molecule has 0 bridgehead atoms. The lowest BCUT2D eigenvalue weighted by Crippen LogP contribution is -2.39. The molecule has 2 atom stereocenters. The SMILES string of the molecule is CNC1CC(C2CCC2)Oc2cc(OC)ccc21. The van der Waals surface area contributed by atoms with Crippen LogP contribution in [0, 0.1) is 5.92 Å². The Balaban J connectivity index is 1.88. The molecule has 1 N–H and O–H groups in total. The van der Waals surface area contributed by atoms with E-state index in [1.54, 1.807) is 7.11 Å². The quantitative estimate of drug-likeness (QED) is 0.891. The van der Waals surface area contributed by atoms with Gasteiger partial charge in [-0.05, 0) is 31.9 Å². The zero-order valence-corrected chi connectivity index (χ0v) is 11.1. The van der Waals surface area contributed by atoms with Crippen LogP contribution in [0.5, 0.6) is 11.5 Å². The molecule has 0 aromatic heterocycles. The summed E-state index contributed by atoms with van der Waals surface area (Å²) in [4.78, 5) is 0. The van der Waals surface area contributed by atoms with Crippen molar-refractivity contribution in [3.8, 4) is 11.5 Å². The Morgan fingerprint density at radius 1 is 1.33 bits per heavy atom. The van der Waals surface area contributed by atoms with Crippen LogP contribution in [-0.4, -0.2) is 20.3 Å². The molecule has 1 saturated carbocycles. The van der Waals surface area contributed by atoms with Gasteiger partial charge >= 0.3 is 0 Å². The highest BCUT2D eigenvalue weighted by molar-refractivity contribution is 5.44. The molecule has 1 fully saturated rings. The minimum atomic E-state index is 0.371. The smallest absolute Gasteiger partial charge is 0.128 e. The van der Waals surface area contributed by atoms with Gasteiger partial charge in [-0.2, -0.15) is 0 Å². The first-order chi connectivity index (χ1) is 8.81. The summed E-state index contributed by atoms with van der Waals surface area (Å²) in [5.41, 5.74) is 1.26. The van der Waals surface area contributed by atoms with Crippen LogP contribution in [0.1, 0.15) is 37.3 Å². The molecule has 1 aromatic carbocycles. The zero-order chi connectivity index (χ0) is 12.5. The highest BCUT2D eigenvalue weighted by Crippen LogP contribution is 2.42. The summed E-state index contributed by atoms with van der Waals surface area (Å²) in [7, 11) is 3.73. The largest absolute Gasteiger partial charge is 0.497 e. The molecule has 0 radical (unpaired) electrons. The predicted molar refractivity (Wildman–Crippen MR) is 71.2 cm³/mol. The summed E-state index contributed by atoms with van der Waals surface area (Å²) >= 11 is 0. The molecule has 18 heavy (non-hydrogen) atoms. The highest BCUT2D eigenvalue weighted by Gasteiger charge is 2.35. The average molecular weight is 247 g/mol. The van der Waals surface area contributed by atoms with E-state index < -0.39 is 0 Å². The standard InChI is InChI=1S/C15H21NO2/c1-16-13-9-14(10-4-3-5-10)18-15-8-11(17-2)6-7-12(13)15/h6-8,10,13-14,16H,3-5,9H2,1-2H3. The van der Waals surface area contributed by atoms with Gasteiger partial charge in [0.25, 0.3) is 0 Å². The molecule has 0 spiro atoms. The van der Waals surface area contributed by atoms with Crippen molar-refractivity contribution in [1.29, 1.82) is 0 Å². The summed E-state index contributed by atoms with van der Waals surface area (Å²) in [5.74, 6) is 2.62. The van der Waals surface area contributed by atoms with E-state index in [4.69, 9.17) is 9.47 Å². The van der Waals surface area contributed by atoms with Gasteiger partial charge in [0, 0.05) is 24.1 Å². The van der Waals surface area contributed by atoms with Crippen LogP contribution in [0.2, 0.25) is 0 Å². The summed E-state index contributed by atoms with van der Waals surface area (Å²) in [6.45, 7) is 0. The number of nitrogens with one attached hydrogen (secondary N) is 1. The van der Waals surface area contributed by atoms with Crippen molar-refractivity contribution in [3.63, 3.8) is 0 Å². The maximum absolute atomic E-state index is 6.19. The third-order valence-electron chi connectivity index (χ3n) is 4.37. The van der Waals surface area contributed by atoms with E-state index in [9.17, 15) is 0 Å². The first-order valence-electron chi connectivity index (χ1n) is 6.83. The lowest BCUT2D eigenvalue weighted by atomic mass is 9.77. The molecule has 2 aliphatic rings. The Morgan fingerprint density at radius 2 is 2.17 bits per heavy atom. The number of methoxy groups -OCH3 is 1. The van der Waals surface area contributed by atoms with E-state index in [1.807, 2.05) is 19.2 Å². The fraction of sp³-hybridized carbons (Fsp3) is 0.600. The van der Waals surface area contributed by atoms with Gasteiger partial charge in [0.1, 0.15) is 17.6 Å². The van der Waals surface area contributed by atoms with Gasteiger partial charge in [-0.1, -0.05) is 12.5 Å². The molecule has 3 rings (SSSR count). The van der Waals surface area contributed by atoms with Crippen molar-refractivity contribution in [3.05, 3.63) is 23.8 Å². The Hall–Kier alpha value is -1.22. The van der Waals surface area contributed by atoms with Crippen LogP contribution in [0.3, 0.4) is 0 Å². The second-order valence-corrected chi connectivity index (χ2v) is 5.33. The van der Waals surface area contributed by atoms with Gasteiger partial charge in [0.2, 0.25) is 0 Å². The van der Waals surface area contributed by atoms with Crippen LogP contribution >= 0.6 is 0 Å². The fourth-order valence-electron chi connectivity index (χ4n) is 2.98. The molecule has 3 heteroatoms. The van der Waals surface area contributed by atoms with Crippen molar-refractivity contribution < 1.29 is 9.47 Å². The zero-order valence-electron chi connectivity index (χ0n) is 11.1. The molecule has 2 unspecified atom stereocenters. The van der Waals surface area contributed by atoms with E-state index in [0.29, 0.717) is 12.1 Å². The topological polar surface area (TPSA) is 30.5 Å². The molecule has 1 aliphatic carbocycles. The molecule has 1 aromatic rings. The first kappa shape index (κ1) is 11.8. The van der Waals surface area contributed by atoms with Crippen LogP contribution < -0.4 is 14.8 Å². The molecule has 0 amide bonds. The summed E-state index contributed by atoms with van der Waals surface area (Å²) < 4.78 is 11.5. The molecule has 98 valence electrons. The Bertz CT molecular complexity index is 429.